The van der Waals surface area contributed by atoms with Crippen LogP contribution in [0.25, 0.3) is 0 Å². The summed E-state index contributed by atoms with van der Waals surface area (Å²) in [5.41, 5.74) is -0.609. The summed E-state index contributed by atoms with van der Waals surface area (Å²) in [6, 6.07) is -0.176. The standard InChI is InChI=1S/C40H68FNO10/c1-15-30-24(6)32(27(9)41)33-21(3)18-40(12,52-33)36(51-38-35(48-28(10)43)29(42(13)16-2)17-22(4)47-38)25(7)34(26(8)37(44)49-30)50-31-20-39(11,45-14)19-23(5)46-31/h22-27,29-32,34-36,38H,15-20H2,1-14H3/t22-,23+,24+,25+,26-,27+,29+,30+,31+,32-,34-,35-,36-,38+,39+,40+/m1/s1. The van der Waals surface area contributed by atoms with Gasteiger partial charge >= 0.3 is 11.9 Å². The van der Waals surface area contributed by atoms with Crippen molar-refractivity contribution in [3.63, 3.8) is 0 Å². The summed E-state index contributed by atoms with van der Waals surface area (Å²) in [5.74, 6) is -2.65. The number of fused-ring (bicyclic) bond motifs is 2. The van der Waals surface area contributed by atoms with Crippen LogP contribution in [-0.2, 0) is 47.5 Å². The molecule has 4 rings (SSSR count). The third-order valence-corrected chi connectivity index (χ3v) is 12.2. The molecule has 11 nitrogen and oxygen atoms in total. The first kappa shape index (κ1) is 42.9. The van der Waals surface area contributed by atoms with Crippen molar-refractivity contribution in [1.29, 1.82) is 0 Å². The Morgan fingerprint density at radius 2 is 1.69 bits per heavy atom. The van der Waals surface area contributed by atoms with E-state index in [1.54, 1.807) is 14.0 Å². The Bertz CT molecular complexity index is 1260. The highest BCUT2D eigenvalue weighted by Gasteiger charge is 2.55. The fourth-order valence-corrected chi connectivity index (χ4v) is 9.33. The van der Waals surface area contributed by atoms with Crippen molar-refractivity contribution in [1.82, 2.24) is 4.90 Å². The number of carbonyl (C=O) groups excluding carboxylic acids is 2. The third-order valence-electron chi connectivity index (χ3n) is 12.2. The lowest BCUT2D eigenvalue weighted by atomic mass is 9.79. The number of hydrogen-bond donors (Lipinski definition) is 0. The molecule has 4 aliphatic rings. The number of ether oxygens (including phenoxy) is 8. The van der Waals surface area contributed by atoms with Gasteiger partial charge in [-0.15, -0.1) is 0 Å². The molecule has 0 aromatic rings. The van der Waals surface area contributed by atoms with Gasteiger partial charge in [-0.25, -0.2) is 4.39 Å². The minimum Gasteiger partial charge on any atom is -0.488 e. The maximum atomic E-state index is 15.8. The lowest BCUT2D eigenvalue weighted by molar-refractivity contribution is -0.311. The minimum atomic E-state index is -1.27. The molecule has 0 radical (unpaired) electrons. The molecule has 0 unspecified atom stereocenters. The van der Waals surface area contributed by atoms with E-state index in [1.807, 2.05) is 62.4 Å². The molecule has 16 atom stereocenters. The van der Waals surface area contributed by atoms with Crippen molar-refractivity contribution in [3.05, 3.63) is 11.3 Å². The van der Waals surface area contributed by atoms with Crippen LogP contribution in [0.1, 0.15) is 115 Å². The van der Waals surface area contributed by atoms with Gasteiger partial charge in [-0.1, -0.05) is 27.7 Å². The second-order valence-electron chi connectivity index (χ2n) is 16.7. The maximum Gasteiger partial charge on any atom is 0.311 e. The molecule has 300 valence electrons. The molecule has 3 fully saturated rings. The summed E-state index contributed by atoms with van der Waals surface area (Å²) in [5, 5.41) is 0. The molecule has 0 spiro atoms. The topological polar surface area (TPSA) is 111 Å². The quantitative estimate of drug-likeness (QED) is 0.222. The van der Waals surface area contributed by atoms with E-state index in [1.165, 1.54) is 13.8 Å². The number of hydrogen-bond acceptors (Lipinski definition) is 11. The number of carbonyl (C=O) groups is 2. The van der Waals surface area contributed by atoms with Crippen LogP contribution in [-0.4, -0.2) is 110 Å². The molecular formula is C40H68FNO10. The zero-order chi connectivity index (χ0) is 38.9. The van der Waals surface area contributed by atoms with E-state index in [4.69, 9.17) is 37.9 Å². The molecule has 0 aromatic carbocycles. The fraction of sp³-hybridized carbons (Fsp3) is 0.900. The van der Waals surface area contributed by atoms with Gasteiger partial charge in [0.1, 0.15) is 29.7 Å². The zero-order valence-electron chi connectivity index (χ0n) is 34.2. The molecule has 3 saturated heterocycles. The SMILES string of the molecule is CC[C@@H]1OC(=O)[C@H](C)[C@H](O[C@H]2C[C@@](C)(OC)C[C@H](C)O2)[C@H](C)[C@@H](O[C@@H]2O[C@H](C)C[C@H](N(C)CC)[C@H]2OC(C)=O)[C@]2(C)CC(C)=C(O2)[C@@H]([C@H](C)F)[C@H]1C. The summed E-state index contributed by atoms with van der Waals surface area (Å²) < 4.78 is 67.8. The number of nitrogens with zero attached hydrogens (tertiary/aromatic N) is 1. The largest absolute Gasteiger partial charge is 0.488 e. The molecule has 0 aromatic heterocycles. The fourth-order valence-electron chi connectivity index (χ4n) is 9.33. The Kier molecular flexibility index (Phi) is 14.3. The number of methoxy groups -OCH3 is 1. The molecule has 12 heteroatoms. The lowest BCUT2D eigenvalue weighted by Gasteiger charge is -2.49. The molecule has 4 aliphatic heterocycles. The van der Waals surface area contributed by atoms with Crippen molar-refractivity contribution in [2.45, 2.75) is 188 Å². The van der Waals surface area contributed by atoms with Crippen LogP contribution < -0.4 is 0 Å². The first-order valence-electron chi connectivity index (χ1n) is 19.6. The van der Waals surface area contributed by atoms with Gasteiger partial charge in [-0.05, 0) is 80.5 Å². The van der Waals surface area contributed by atoms with Crippen molar-refractivity contribution in [2.75, 3.05) is 20.7 Å². The zero-order valence-corrected chi connectivity index (χ0v) is 34.2. The summed E-state index contributed by atoms with van der Waals surface area (Å²) >= 11 is 0. The number of rotatable bonds is 10. The summed E-state index contributed by atoms with van der Waals surface area (Å²) in [6.45, 7) is 23.3. The Morgan fingerprint density at radius 1 is 1.02 bits per heavy atom. The van der Waals surface area contributed by atoms with Crippen molar-refractivity contribution in [2.24, 2.45) is 23.7 Å². The van der Waals surface area contributed by atoms with Gasteiger partial charge in [0.2, 0.25) is 0 Å². The van der Waals surface area contributed by atoms with Crippen LogP contribution in [0, 0.1) is 23.7 Å². The van der Waals surface area contributed by atoms with Crippen LogP contribution in [0.2, 0.25) is 0 Å². The smallest absolute Gasteiger partial charge is 0.311 e. The van der Waals surface area contributed by atoms with Crippen LogP contribution in [0.3, 0.4) is 0 Å². The average Bonchev–Trinajstić information content (AvgIpc) is 3.37. The molecule has 2 bridgehead atoms. The first-order chi connectivity index (χ1) is 24.3. The summed E-state index contributed by atoms with van der Waals surface area (Å²) in [4.78, 5) is 28.9. The predicted molar refractivity (Wildman–Crippen MR) is 194 cm³/mol. The van der Waals surface area contributed by atoms with Crippen LogP contribution in [0.15, 0.2) is 11.3 Å². The third kappa shape index (κ3) is 9.33. The van der Waals surface area contributed by atoms with E-state index in [9.17, 15) is 9.59 Å². The highest BCUT2D eigenvalue weighted by molar-refractivity contribution is 5.73. The van der Waals surface area contributed by atoms with Gasteiger partial charge in [0, 0.05) is 45.1 Å². The van der Waals surface area contributed by atoms with Crippen molar-refractivity contribution in [3.8, 4) is 0 Å². The minimum absolute atomic E-state index is 0.149. The number of allylic oxidation sites excluding steroid dienone is 1. The molecule has 0 saturated carbocycles. The molecular weight excluding hydrogens is 673 g/mol. The van der Waals surface area contributed by atoms with Crippen LogP contribution >= 0.6 is 0 Å². The summed E-state index contributed by atoms with van der Waals surface area (Å²) in [7, 11) is 3.68. The number of esters is 2. The molecule has 4 heterocycles. The maximum absolute atomic E-state index is 15.8. The number of alkyl halides is 1. The van der Waals surface area contributed by atoms with Gasteiger partial charge in [0.05, 0.1) is 41.8 Å². The van der Waals surface area contributed by atoms with Gasteiger partial charge in [-0.2, -0.15) is 0 Å². The lowest BCUT2D eigenvalue weighted by Crippen LogP contribution is -2.60. The van der Waals surface area contributed by atoms with E-state index in [0.29, 0.717) is 37.9 Å². The van der Waals surface area contributed by atoms with E-state index in [2.05, 4.69) is 11.8 Å². The Labute approximate surface area is 311 Å². The molecule has 0 N–H and O–H groups in total. The second kappa shape index (κ2) is 17.3. The van der Waals surface area contributed by atoms with Gasteiger partial charge in [-0.3, -0.25) is 14.5 Å². The molecule has 0 amide bonds. The number of cyclic esters (lactones) is 1. The van der Waals surface area contributed by atoms with Crippen LogP contribution in [0.5, 0.6) is 0 Å². The number of likely N-dealkylation sites (N-methyl/N-ethyl adjacent to an activating group) is 1. The van der Waals surface area contributed by atoms with E-state index >= 15 is 4.39 Å². The monoisotopic (exact) mass is 741 g/mol. The van der Waals surface area contributed by atoms with E-state index in [0.717, 1.165) is 12.1 Å². The summed E-state index contributed by atoms with van der Waals surface area (Å²) in [6.07, 6.45) is -3.41. The Balaban J connectivity index is 1.86. The normalized spacial score (nSPS) is 44.0. The second-order valence-corrected chi connectivity index (χ2v) is 16.7. The van der Waals surface area contributed by atoms with Gasteiger partial charge < -0.3 is 37.9 Å². The molecule has 52 heavy (non-hydrogen) atoms. The molecule has 0 aliphatic carbocycles. The van der Waals surface area contributed by atoms with Gasteiger partial charge in [0.25, 0.3) is 0 Å². The number of halogens is 1. The van der Waals surface area contributed by atoms with E-state index < -0.39 is 84.1 Å². The highest BCUT2D eigenvalue weighted by Crippen LogP contribution is 2.49. The first-order valence-corrected chi connectivity index (χ1v) is 19.6. The predicted octanol–water partition coefficient (Wildman–Crippen LogP) is 6.74. The van der Waals surface area contributed by atoms with E-state index in [-0.39, 0.29) is 24.2 Å². The average molecular weight is 742 g/mol. The van der Waals surface area contributed by atoms with Crippen molar-refractivity contribution < 1.29 is 51.9 Å². The highest BCUT2D eigenvalue weighted by atomic mass is 19.1. The van der Waals surface area contributed by atoms with Crippen molar-refractivity contribution >= 4 is 11.9 Å². The van der Waals surface area contributed by atoms with Gasteiger partial charge in [0.15, 0.2) is 18.7 Å². The Morgan fingerprint density at radius 3 is 2.27 bits per heavy atom. The Hall–Kier alpha value is -1.83. The van der Waals surface area contributed by atoms with Crippen LogP contribution in [0.4, 0.5) is 4.39 Å².